The predicted octanol–water partition coefficient (Wildman–Crippen LogP) is 5.09. The third-order valence-electron chi connectivity index (χ3n) is 3.34. The van der Waals surface area contributed by atoms with E-state index < -0.39 is 0 Å². The van der Waals surface area contributed by atoms with Gasteiger partial charge in [-0.2, -0.15) is 0 Å². The van der Waals surface area contributed by atoms with Gasteiger partial charge in [-0.05, 0) is 37.3 Å². The van der Waals surface area contributed by atoms with Crippen molar-refractivity contribution in [2.45, 2.75) is 6.92 Å². The number of aromatic nitrogens is 2. The van der Waals surface area contributed by atoms with Crippen LogP contribution >= 0.6 is 23.2 Å². The Morgan fingerprint density at radius 1 is 0.920 bits per heavy atom. The largest absolute Gasteiger partial charge is 0.324 e. The molecule has 3 rings (SSSR count). The lowest BCUT2D eigenvalue weighted by Crippen LogP contribution is -2.13. The van der Waals surface area contributed by atoms with Crippen LogP contribution < -0.4 is 10.6 Å². The number of hydrogen-bond donors (Lipinski definition) is 2. The molecule has 0 spiro atoms. The van der Waals surface area contributed by atoms with Crippen molar-refractivity contribution in [1.29, 1.82) is 0 Å². The third-order valence-corrected chi connectivity index (χ3v) is 3.78. The Bertz CT molecular complexity index is 876. The number of aryl methyl sites for hydroxylation is 1. The fourth-order valence-corrected chi connectivity index (χ4v) is 2.63. The van der Waals surface area contributed by atoms with Crippen molar-refractivity contribution in [1.82, 2.24) is 9.97 Å². The summed E-state index contributed by atoms with van der Waals surface area (Å²) in [6, 6.07) is 12.7. The van der Waals surface area contributed by atoms with Crippen LogP contribution in [0, 0.1) is 6.92 Å². The molecule has 1 amide bonds. The highest BCUT2D eigenvalue weighted by Crippen LogP contribution is 2.23. The minimum absolute atomic E-state index is 0.325. The molecule has 1 heterocycles. The van der Waals surface area contributed by atoms with E-state index in [-0.39, 0.29) is 5.91 Å². The van der Waals surface area contributed by atoms with Gasteiger partial charge >= 0.3 is 0 Å². The van der Waals surface area contributed by atoms with Crippen LogP contribution in [0.2, 0.25) is 10.0 Å². The van der Waals surface area contributed by atoms with E-state index in [2.05, 4.69) is 20.6 Å². The number of carbonyl (C=O) groups excluding carboxylic acids is 1. The van der Waals surface area contributed by atoms with Crippen molar-refractivity contribution in [3.8, 4) is 0 Å². The number of nitrogens with zero attached hydrogens (tertiary/aromatic N) is 2. The first kappa shape index (κ1) is 17.2. The molecule has 25 heavy (non-hydrogen) atoms. The van der Waals surface area contributed by atoms with Crippen molar-refractivity contribution in [3.05, 3.63) is 76.0 Å². The topological polar surface area (TPSA) is 66.9 Å². The van der Waals surface area contributed by atoms with Crippen LogP contribution in [0.25, 0.3) is 0 Å². The molecule has 2 aromatic carbocycles. The molecule has 0 aliphatic carbocycles. The number of halogens is 2. The molecule has 0 radical (unpaired) electrons. The molecule has 5 nitrogen and oxygen atoms in total. The van der Waals surface area contributed by atoms with Gasteiger partial charge in [-0.1, -0.05) is 40.9 Å². The second-order valence-corrected chi connectivity index (χ2v) is 6.27. The van der Waals surface area contributed by atoms with Gasteiger partial charge in [0.05, 0.1) is 5.56 Å². The van der Waals surface area contributed by atoms with Crippen molar-refractivity contribution >= 4 is 46.4 Å². The van der Waals surface area contributed by atoms with Crippen molar-refractivity contribution in [2.24, 2.45) is 0 Å². The lowest BCUT2D eigenvalue weighted by molar-refractivity contribution is 0.102. The standard InChI is InChI=1S/C18H14Cl2N4O/c1-11-2-4-15(5-3-11)24-18-21-9-12(10-22-18)17(25)23-16-7-13(19)6-14(20)8-16/h2-10H,1H3,(H,23,25)(H,21,22,24). The van der Waals surface area contributed by atoms with Crippen molar-refractivity contribution in [2.75, 3.05) is 10.6 Å². The average Bonchev–Trinajstić information content (AvgIpc) is 2.56. The monoisotopic (exact) mass is 372 g/mol. The average molecular weight is 373 g/mol. The molecule has 0 fully saturated rings. The molecule has 0 aliphatic rings. The normalized spacial score (nSPS) is 10.4. The first-order valence-electron chi connectivity index (χ1n) is 7.43. The summed E-state index contributed by atoms with van der Waals surface area (Å²) in [5.74, 6) is 0.0615. The number of rotatable bonds is 4. The highest BCUT2D eigenvalue weighted by atomic mass is 35.5. The van der Waals surface area contributed by atoms with E-state index in [1.165, 1.54) is 18.0 Å². The summed E-state index contributed by atoms with van der Waals surface area (Å²) in [5.41, 5.74) is 2.87. The zero-order valence-corrected chi connectivity index (χ0v) is 14.8. The van der Waals surface area contributed by atoms with E-state index in [9.17, 15) is 4.79 Å². The Kier molecular flexibility index (Phi) is 5.16. The molecule has 0 aliphatic heterocycles. The minimum Gasteiger partial charge on any atom is -0.324 e. The summed E-state index contributed by atoms with van der Waals surface area (Å²) >= 11 is 11.8. The summed E-state index contributed by atoms with van der Waals surface area (Å²) in [5, 5.41) is 6.66. The summed E-state index contributed by atoms with van der Waals surface area (Å²) in [6.07, 6.45) is 2.90. The zero-order valence-electron chi connectivity index (χ0n) is 13.3. The molecule has 1 aromatic heterocycles. The van der Waals surface area contributed by atoms with E-state index in [1.54, 1.807) is 18.2 Å². The highest BCUT2D eigenvalue weighted by molar-refractivity contribution is 6.35. The number of anilines is 3. The Balaban J connectivity index is 1.68. The maximum atomic E-state index is 12.2. The molecule has 3 aromatic rings. The quantitative estimate of drug-likeness (QED) is 0.669. The Hall–Kier alpha value is -2.63. The Labute approximate surface area is 155 Å². The molecule has 0 saturated carbocycles. The summed E-state index contributed by atoms with van der Waals surface area (Å²) in [7, 11) is 0. The van der Waals surface area contributed by atoms with Crippen LogP contribution in [0.3, 0.4) is 0 Å². The van der Waals surface area contributed by atoms with Gasteiger partial charge in [0.15, 0.2) is 0 Å². The molecule has 0 unspecified atom stereocenters. The van der Waals surface area contributed by atoms with Crippen LogP contribution in [0.4, 0.5) is 17.3 Å². The molecular weight excluding hydrogens is 359 g/mol. The summed E-state index contributed by atoms with van der Waals surface area (Å²) < 4.78 is 0. The van der Waals surface area contributed by atoms with Crippen molar-refractivity contribution in [3.63, 3.8) is 0 Å². The van der Waals surface area contributed by atoms with Crippen LogP contribution in [-0.4, -0.2) is 15.9 Å². The predicted molar refractivity (Wildman–Crippen MR) is 101 cm³/mol. The number of amides is 1. The van der Waals surface area contributed by atoms with Gasteiger partial charge in [-0.15, -0.1) is 0 Å². The molecule has 7 heteroatoms. The van der Waals surface area contributed by atoms with Crippen LogP contribution in [0.5, 0.6) is 0 Å². The lowest BCUT2D eigenvalue weighted by atomic mass is 10.2. The molecule has 0 saturated heterocycles. The van der Waals surface area contributed by atoms with Gasteiger partial charge in [0.1, 0.15) is 0 Å². The molecule has 2 N–H and O–H groups in total. The summed E-state index contributed by atoms with van der Waals surface area (Å²) in [6.45, 7) is 2.01. The minimum atomic E-state index is -0.347. The fourth-order valence-electron chi connectivity index (χ4n) is 2.11. The number of nitrogens with one attached hydrogen (secondary N) is 2. The first-order chi connectivity index (χ1) is 12.0. The van der Waals surface area contributed by atoms with Gasteiger partial charge in [0, 0.05) is 33.8 Å². The van der Waals surface area contributed by atoms with E-state index in [0.29, 0.717) is 27.2 Å². The number of benzene rings is 2. The van der Waals surface area contributed by atoms with Crippen LogP contribution in [-0.2, 0) is 0 Å². The highest BCUT2D eigenvalue weighted by Gasteiger charge is 2.09. The number of carbonyl (C=O) groups is 1. The maximum absolute atomic E-state index is 12.2. The lowest BCUT2D eigenvalue weighted by Gasteiger charge is -2.07. The van der Waals surface area contributed by atoms with E-state index in [4.69, 9.17) is 23.2 Å². The maximum Gasteiger partial charge on any atom is 0.258 e. The van der Waals surface area contributed by atoms with E-state index in [0.717, 1.165) is 5.69 Å². The molecular formula is C18H14Cl2N4O. The number of hydrogen-bond acceptors (Lipinski definition) is 4. The van der Waals surface area contributed by atoms with Gasteiger partial charge in [-0.3, -0.25) is 4.79 Å². The van der Waals surface area contributed by atoms with Crippen molar-refractivity contribution < 1.29 is 4.79 Å². The van der Waals surface area contributed by atoms with Crippen LogP contribution in [0.15, 0.2) is 54.9 Å². The van der Waals surface area contributed by atoms with E-state index >= 15 is 0 Å². The second kappa shape index (κ2) is 7.51. The Morgan fingerprint density at radius 2 is 1.52 bits per heavy atom. The van der Waals surface area contributed by atoms with Gasteiger partial charge in [0.2, 0.25) is 5.95 Å². The van der Waals surface area contributed by atoms with Gasteiger partial charge in [-0.25, -0.2) is 9.97 Å². The Morgan fingerprint density at radius 3 is 2.12 bits per heavy atom. The smallest absolute Gasteiger partial charge is 0.258 e. The SMILES string of the molecule is Cc1ccc(Nc2ncc(C(=O)Nc3cc(Cl)cc(Cl)c3)cn2)cc1. The zero-order chi connectivity index (χ0) is 17.8. The van der Waals surface area contributed by atoms with E-state index in [1.807, 2.05) is 31.2 Å². The molecule has 0 atom stereocenters. The van der Waals surface area contributed by atoms with Gasteiger partial charge in [0.25, 0.3) is 5.91 Å². The second-order valence-electron chi connectivity index (χ2n) is 5.40. The molecule has 126 valence electrons. The first-order valence-corrected chi connectivity index (χ1v) is 8.18. The van der Waals surface area contributed by atoms with Crippen LogP contribution in [0.1, 0.15) is 15.9 Å². The van der Waals surface area contributed by atoms with Gasteiger partial charge < -0.3 is 10.6 Å². The third kappa shape index (κ3) is 4.68. The fraction of sp³-hybridized carbons (Fsp3) is 0.0556. The molecule has 0 bridgehead atoms. The summed E-state index contributed by atoms with van der Waals surface area (Å²) in [4.78, 5) is 20.6.